The third-order valence-electron chi connectivity index (χ3n) is 5.05. The Bertz CT molecular complexity index is 1310. The van der Waals surface area contributed by atoms with E-state index >= 15 is 0 Å². The molecule has 0 aliphatic heterocycles. The van der Waals surface area contributed by atoms with Crippen LogP contribution >= 0.6 is 0 Å². The fourth-order valence-electron chi connectivity index (χ4n) is 2.94. The zero-order valence-corrected chi connectivity index (χ0v) is 21.6. The highest BCUT2D eigenvalue weighted by Crippen LogP contribution is 2.15. The minimum atomic E-state index is -4.14. The van der Waals surface area contributed by atoms with Gasteiger partial charge in [0.05, 0.1) is 16.3 Å². The summed E-state index contributed by atoms with van der Waals surface area (Å²) in [6.07, 6.45) is -0.580. The second-order valence-corrected chi connectivity index (χ2v) is 11.9. The number of hydrazine groups is 1. The smallest absolute Gasteiger partial charge is 0.256 e. The second kappa shape index (κ2) is 12.1. The summed E-state index contributed by atoms with van der Waals surface area (Å²) in [5, 5.41) is 0. The van der Waals surface area contributed by atoms with Gasteiger partial charge in [-0.15, -0.1) is 0 Å². The third-order valence-corrected chi connectivity index (χ3v) is 8.35. The van der Waals surface area contributed by atoms with Crippen LogP contribution in [0.3, 0.4) is 0 Å². The van der Waals surface area contributed by atoms with Crippen LogP contribution in [0, 0.1) is 13.8 Å². The van der Waals surface area contributed by atoms with Crippen LogP contribution in [-0.4, -0.2) is 58.5 Å². The highest BCUT2D eigenvalue weighted by Gasteiger charge is 2.27. The normalized spacial score (nSPS) is 12.7. The number of amides is 3. The average Bonchev–Trinajstić information content (AvgIpc) is 2.80. The predicted molar refractivity (Wildman–Crippen MR) is 131 cm³/mol. The zero-order valence-electron chi connectivity index (χ0n) is 20.0. The summed E-state index contributed by atoms with van der Waals surface area (Å²) in [5.74, 6) is -2.60. The lowest BCUT2D eigenvalue weighted by Crippen LogP contribution is -2.54. The van der Waals surface area contributed by atoms with Crippen molar-refractivity contribution in [3.8, 4) is 0 Å². The van der Waals surface area contributed by atoms with E-state index in [9.17, 15) is 31.2 Å². The summed E-state index contributed by atoms with van der Waals surface area (Å²) < 4.78 is 53.6. The Morgan fingerprint density at radius 1 is 0.861 bits per heavy atom. The maximum absolute atomic E-state index is 12.7. The Morgan fingerprint density at radius 2 is 1.36 bits per heavy atom. The standard InChI is InChI=1S/C22H29N5O7S2/c1-15-4-8-17(9-5-15)35(31,32)26-19(12-13-20(23)28)22(30)25-24-21(29)14-27(3)36(33,34)18-10-6-16(2)7-11-18/h4-11,19,26H,12-14H2,1-3H3,(H2,23,28)(H,24,29)(H,25,30). The SMILES string of the molecule is Cc1ccc(S(=O)(=O)NC(CCC(N)=O)C(=O)NNC(=O)CN(C)S(=O)(=O)c2ccc(C)cc2)cc1. The molecule has 0 saturated heterocycles. The van der Waals surface area contributed by atoms with Crippen LogP contribution in [0.15, 0.2) is 58.3 Å². The predicted octanol–water partition coefficient (Wildman–Crippen LogP) is -0.316. The van der Waals surface area contributed by atoms with Crippen molar-refractivity contribution in [1.82, 2.24) is 19.9 Å². The largest absolute Gasteiger partial charge is 0.370 e. The van der Waals surface area contributed by atoms with Crippen LogP contribution in [0.1, 0.15) is 24.0 Å². The van der Waals surface area contributed by atoms with E-state index in [4.69, 9.17) is 5.73 Å². The fraction of sp³-hybridized carbons (Fsp3) is 0.318. The summed E-state index contributed by atoms with van der Waals surface area (Å²) in [6, 6.07) is 10.5. The van der Waals surface area contributed by atoms with Gasteiger partial charge in [-0.1, -0.05) is 35.4 Å². The van der Waals surface area contributed by atoms with Crippen molar-refractivity contribution in [3.63, 3.8) is 0 Å². The molecule has 0 radical (unpaired) electrons. The summed E-state index contributed by atoms with van der Waals surface area (Å²) in [4.78, 5) is 36.0. The van der Waals surface area contributed by atoms with Crippen molar-refractivity contribution >= 4 is 37.8 Å². The Balaban J connectivity index is 2.04. The van der Waals surface area contributed by atoms with E-state index in [2.05, 4.69) is 15.6 Å². The summed E-state index contributed by atoms with van der Waals surface area (Å²) in [5.41, 5.74) is 10.9. The molecule has 36 heavy (non-hydrogen) atoms. The molecule has 0 saturated carbocycles. The first-order chi connectivity index (χ1) is 16.7. The number of nitrogens with zero attached hydrogens (tertiary/aromatic N) is 1. The summed E-state index contributed by atoms with van der Waals surface area (Å²) in [7, 11) is -6.91. The summed E-state index contributed by atoms with van der Waals surface area (Å²) >= 11 is 0. The highest BCUT2D eigenvalue weighted by atomic mass is 32.2. The van der Waals surface area contributed by atoms with E-state index in [1.807, 2.05) is 0 Å². The Morgan fingerprint density at radius 3 is 1.86 bits per heavy atom. The Labute approximate surface area is 210 Å². The van der Waals surface area contributed by atoms with Crippen molar-refractivity contribution < 1.29 is 31.2 Å². The van der Waals surface area contributed by atoms with Crippen molar-refractivity contribution in [2.24, 2.45) is 5.73 Å². The molecule has 0 aromatic heterocycles. The van der Waals surface area contributed by atoms with Crippen LogP contribution in [0.5, 0.6) is 0 Å². The molecule has 2 aromatic rings. The van der Waals surface area contributed by atoms with Crippen molar-refractivity contribution in [2.45, 2.75) is 42.5 Å². The van der Waals surface area contributed by atoms with Gasteiger partial charge < -0.3 is 5.73 Å². The van der Waals surface area contributed by atoms with Crippen LogP contribution < -0.4 is 21.3 Å². The zero-order chi connectivity index (χ0) is 27.1. The quantitative estimate of drug-likeness (QED) is 0.282. The molecule has 0 aliphatic carbocycles. The van der Waals surface area contributed by atoms with Crippen molar-refractivity contribution in [2.75, 3.05) is 13.6 Å². The molecular formula is C22H29N5O7S2. The van der Waals surface area contributed by atoms with Gasteiger partial charge >= 0.3 is 0 Å². The van der Waals surface area contributed by atoms with Crippen LogP contribution in [0.25, 0.3) is 0 Å². The lowest BCUT2D eigenvalue weighted by molar-refractivity contribution is -0.130. The van der Waals surface area contributed by atoms with E-state index in [0.29, 0.717) is 0 Å². The number of likely N-dealkylation sites (N-methyl/N-ethyl adjacent to an activating group) is 1. The third kappa shape index (κ3) is 8.12. The maximum Gasteiger partial charge on any atom is 0.256 e. The number of hydrogen-bond acceptors (Lipinski definition) is 7. The minimum absolute atomic E-state index is 0.00976. The van der Waals surface area contributed by atoms with Crippen molar-refractivity contribution in [3.05, 3.63) is 59.7 Å². The molecule has 2 rings (SSSR count). The molecule has 1 unspecified atom stereocenters. The van der Waals surface area contributed by atoms with Gasteiger partial charge in [0.1, 0.15) is 6.04 Å². The first kappa shape index (κ1) is 28.9. The van der Waals surface area contributed by atoms with E-state index in [-0.39, 0.29) is 22.6 Å². The number of aryl methyl sites for hydroxylation is 2. The van der Waals surface area contributed by atoms with Gasteiger partial charge in [0.2, 0.25) is 26.0 Å². The molecule has 196 valence electrons. The first-order valence-corrected chi connectivity index (χ1v) is 13.6. The number of carbonyl (C=O) groups is 3. The number of rotatable bonds is 11. The molecule has 0 spiro atoms. The molecule has 1 atom stereocenters. The van der Waals surface area contributed by atoms with Gasteiger partial charge in [-0.25, -0.2) is 16.8 Å². The first-order valence-electron chi connectivity index (χ1n) is 10.7. The number of benzene rings is 2. The van der Waals surface area contributed by atoms with Crippen LogP contribution in [0.4, 0.5) is 0 Å². The molecule has 0 aliphatic rings. The van der Waals surface area contributed by atoms with Gasteiger partial charge in [-0.3, -0.25) is 25.2 Å². The molecule has 0 heterocycles. The molecule has 5 N–H and O–H groups in total. The molecule has 3 amide bonds. The van der Waals surface area contributed by atoms with Crippen LogP contribution in [-0.2, 0) is 34.4 Å². The maximum atomic E-state index is 12.7. The number of primary amides is 1. The number of nitrogens with two attached hydrogens (primary N) is 1. The lowest BCUT2D eigenvalue weighted by atomic mass is 10.1. The Kier molecular flexibility index (Phi) is 9.69. The van der Waals surface area contributed by atoms with Crippen LogP contribution in [0.2, 0.25) is 0 Å². The molecular weight excluding hydrogens is 510 g/mol. The number of carbonyl (C=O) groups excluding carboxylic acids is 3. The molecule has 12 nitrogen and oxygen atoms in total. The van der Waals surface area contributed by atoms with Gasteiger partial charge in [0.25, 0.3) is 11.8 Å². The van der Waals surface area contributed by atoms with Gasteiger partial charge in [-0.05, 0) is 44.5 Å². The monoisotopic (exact) mass is 539 g/mol. The van der Waals surface area contributed by atoms with E-state index in [1.54, 1.807) is 38.1 Å². The number of nitrogens with one attached hydrogen (secondary N) is 3. The molecule has 0 bridgehead atoms. The minimum Gasteiger partial charge on any atom is -0.370 e. The topological polar surface area (TPSA) is 185 Å². The van der Waals surface area contributed by atoms with E-state index < -0.39 is 50.4 Å². The molecule has 0 fully saturated rings. The molecule has 14 heteroatoms. The second-order valence-electron chi connectivity index (χ2n) is 8.10. The van der Waals surface area contributed by atoms with Gasteiger partial charge in [0.15, 0.2) is 0 Å². The summed E-state index contributed by atoms with van der Waals surface area (Å²) in [6.45, 7) is 2.95. The molecule has 2 aromatic carbocycles. The lowest BCUT2D eigenvalue weighted by Gasteiger charge is -2.20. The number of hydrogen-bond donors (Lipinski definition) is 4. The van der Waals surface area contributed by atoms with E-state index in [0.717, 1.165) is 15.4 Å². The number of sulfonamides is 2. The Hall–Kier alpha value is -3.33. The van der Waals surface area contributed by atoms with E-state index in [1.165, 1.54) is 31.3 Å². The fourth-order valence-corrected chi connectivity index (χ4v) is 5.30. The van der Waals surface area contributed by atoms with Gasteiger partial charge in [0, 0.05) is 13.5 Å². The highest BCUT2D eigenvalue weighted by molar-refractivity contribution is 7.89. The van der Waals surface area contributed by atoms with Gasteiger partial charge in [-0.2, -0.15) is 9.03 Å². The average molecular weight is 540 g/mol. The van der Waals surface area contributed by atoms with Crippen molar-refractivity contribution in [1.29, 1.82) is 0 Å².